The maximum atomic E-state index is 14.4. The fourth-order valence-electron chi connectivity index (χ4n) is 3.70. The monoisotopic (exact) mass is 316 g/mol. The minimum atomic E-state index is -1.02. The normalized spacial score (nSPS) is 26.7. The van der Waals surface area contributed by atoms with Crippen LogP contribution in [-0.2, 0) is 4.79 Å². The number of anilines is 1. The van der Waals surface area contributed by atoms with Crippen molar-refractivity contribution in [3.05, 3.63) is 18.6 Å². The Hall–Kier alpha value is -2.51. The Morgan fingerprint density at radius 3 is 3.22 bits per heavy atom. The molecular weight excluding hydrogens is 299 g/mol. The number of alkyl halides is 1. The summed E-state index contributed by atoms with van der Waals surface area (Å²) in [6, 6.07) is 1.90. The van der Waals surface area contributed by atoms with Gasteiger partial charge in [0.2, 0.25) is 5.91 Å². The van der Waals surface area contributed by atoms with Crippen LogP contribution in [0.15, 0.2) is 18.6 Å². The lowest BCUT2D eigenvalue weighted by Gasteiger charge is -2.53. The van der Waals surface area contributed by atoms with Crippen molar-refractivity contribution >= 4 is 29.0 Å². The summed E-state index contributed by atoms with van der Waals surface area (Å²) in [5.41, 5.74) is -0.0219. The molecule has 2 N–H and O–H groups in total. The van der Waals surface area contributed by atoms with E-state index in [4.69, 9.17) is 5.41 Å². The van der Waals surface area contributed by atoms with Crippen LogP contribution < -0.4 is 4.90 Å². The Labute approximate surface area is 132 Å². The summed E-state index contributed by atoms with van der Waals surface area (Å²) in [4.78, 5) is 27.3. The number of aromatic amines is 1. The van der Waals surface area contributed by atoms with E-state index in [9.17, 15) is 9.18 Å². The summed E-state index contributed by atoms with van der Waals surface area (Å²) in [5, 5.41) is 7.98. The summed E-state index contributed by atoms with van der Waals surface area (Å²) in [6.45, 7) is 1.20. The minimum Gasteiger partial charge on any atom is -0.353 e. The maximum Gasteiger partial charge on any atom is 0.228 e. The van der Waals surface area contributed by atoms with Gasteiger partial charge in [0.05, 0.1) is 23.9 Å². The number of likely N-dealkylation sites (tertiary alicyclic amines) is 1. The van der Waals surface area contributed by atoms with Crippen molar-refractivity contribution in [2.75, 3.05) is 24.5 Å². The van der Waals surface area contributed by atoms with Gasteiger partial charge in [0.25, 0.3) is 0 Å². The van der Waals surface area contributed by atoms with Gasteiger partial charge < -0.3 is 20.2 Å². The van der Waals surface area contributed by atoms with Gasteiger partial charge in [0.15, 0.2) is 0 Å². The lowest BCUT2D eigenvalue weighted by molar-refractivity contribution is -0.156. The standard InChI is InChI=1S/C15H17FN6O/c16-11-7-22(12(23)1-4-17)15(11)3-6-21(8-15)14-10-2-5-18-13(10)19-9-20-14/h2,4-5,9,11,17H,1,3,6-8H2,(H,18,19,20). The molecule has 0 aliphatic carbocycles. The van der Waals surface area contributed by atoms with E-state index in [1.165, 1.54) is 6.33 Å². The quantitative estimate of drug-likeness (QED) is 0.831. The summed E-state index contributed by atoms with van der Waals surface area (Å²) in [5.74, 6) is 0.594. The van der Waals surface area contributed by atoms with Crippen LogP contribution in [0.5, 0.6) is 0 Å². The van der Waals surface area contributed by atoms with Gasteiger partial charge in [-0.05, 0) is 12.5 Å². The number of hydrogen-bond acceptors (Lipinski definition) is 5. The van der Waals surface area contributed by atoms with Crippen LogP contribution in [0.2, 0.25) is 0 Å². The predicted octanol–water partition coefficient (Wildman–Crippen LogP) is 1.13. The third kappa shape index (κ3) is 1.94. The van der Waals surface area contributed by atoms with Crippen LogP contribution in [0.25, 0.3) is 11.0 Å². The molecule has 23 heavy (non-hydrogen) atoms. The van der Waals surface area contributed by atoms with E-state index in [1.54, 1.807) is 11.1 Å². The van der Waals surface area contributed by atoms with Crippen LogP contribution in [-0.4, -0.2) is 63.3 Å². The number of carbonyl (C=O) groups excluding carboxylic acids is 1. The number of H-pyrrole nitrogens is 1. The maximum absolute atomic E-state index is 14.4. The van der Waals surface area contributed by atoms with Gasteiger partial charge in [-0.25, -0.2) is 14.4 Å². The minimum absolute atomic E-state index is 0.0318. The first-order chi connectivity index (χ1) is 11.2. The molecule has 7 nitrogen and oxygen atoms in total. The number of hydrogen-bond donors (Lipinski definition) is 2. The second kappa shape index (κ2) is 5.00. The average Bonchev–Trinajstić information content (AvgIpc) is 3.20. The first-order valence-corrected chi connectivity index (χ1v) is 7.62. The van der Waals surface area contributed by atoms with E-state index in [-0.39, 0.29) is 18.9 Å². The Bertz CT molecular complexity index is 776. The molecule has 0 radical (unpaired) electrons. The molecule has 0 aromatic carbocycles. The van der Waals surface area contributed by atoms with Gasteiger partial charge in [0, 0.05) is 25.5 Å². The molecular formula is C15H17FN6O. The van der Waals surface area contributed by atoms with Gasteiger partial charge in [-0.15, -0.1) is 0 Å². The van der Waals surface area contributed by atoms with E-state index >= 15 is 0 Å². The Morgan fingerprint density at radius 1 is 1.57 bits per heavy atom. The van der Waals surface area contributed by atoms with Crippen molar-refractivity contribution in [3.8, 4) is 0 Å². The predicted molar refractivity (Wildman–Crippen MR) is 83.5 cm³/mol. The largest absolute Gasteiger partial charge is 0.353 e. The highest BCUT2D eigenvalue weighted by Crippen LogP contribution is 2.43. The average molecular weight is 316 g/mol. The number of fused-ring (bicyclic) bond motifs is 1. The molecule has 0 saturated carbocycles. The van der Waals surface area contributed by atoms with E-state index in [0.29, 0.717) is 19.5 Å². The Balaban J connectivity index is 1.62. The van der Waals surface area contributed by atoms with E-state index < -0.39 is 11.7 Å². The number of nitrogens with zero attached hydrogens (tertiary/aromatic N) is 4. The van der Waals surface area contributed by atoms with Crippen molar-refractivity contribution < 1.29 is 9.18 Å². The molecule has 2 aliphatic heterocycles. The Morgan fingerprint density at radius 2 is 2.43 bits per heavy atom. The van der Waals surface area contributed by atoms with E-state index in [1.807, 2.05) is 11.0 Å². The highest BCUT2D eigenvalue weighted by Gasteiger charge is 2.59. The van der Waals surface area contributed by atoms with E-state index in [0.717, 1.165) is 23.1 Å². The molecule has 4 rings (SSSR count). The van der Waals surface area contributed by atoms with Crippen LogP contribution in [0.1, 0.15) is 12.8 Å². The number of halogens is 1. The number of rotatable bonds is 3. The lowest BCUT2D eigenvalue weighted by atomic mass is 9.81. The Kier molecular flexibility index (Phi) is 3.07. The molecule has 2 atom stereocenters. The number of nitrogens with one attached hydrogen (secondary N) is 2. The molecule has 2 aromatic heterocycles. The first kappa shape index (κ1) is 14.1. The highest BCUT2D eigenvalue weighted by molar-refractivity contribution is 5.91. The van der Waals surface area contributed by atoms with Gasteiger partial charge in [-0.3, -0.25) is 4.79 Å². The molecule has 4 heterocycles. The molecule has 1 spiro atoms. The molecule has 1 amide bonds. The molecule has 2 aliphatic rings. The van der Waals surface area contributed by atoms with Crippen LogP contribution >= 0.6 is 0 Å². The van der Waals surface area contributed by atoms with Gasteiger partial charge >= 0.3 is 0 Å². The van der Waals surface area contributed by atoms with Crippen LogP contribution in [0, 0.1) is 5.41 Å². The van der Waals surface area contributed by atoms with Crippen LogP contribution in [0.3, 0.4) is 0 Å². The summed E-state index contributed by atoms with van der Waals surface area (Å²) >= 11 is 0. The number of aromatic nitrogens is 3. The summed E-state index contributed by atoms with van der Waals surface area (Å²) < 4.78 is 14.4. The fourth-order valence-corrected chi connectivity index (χ4v) is 3.70. The zero-order valence-electron chi connectivity index (χ0n) is 12.5. The van der Waals surface area contributed by atoms with Crippen molar-refractivity contribution in [2.45, 2.75) is 24.6 Å². The zero-order valence-corrected chi connectivity index (χ0v) is 12.5. The van der Waals surface area contributed by atoms with Gasteiger partial charge in [-0.2, -0.15) is 0 Å². The smallest absolute Gasteiger partial charge is 0.228 e. The van der Waals surface area contributed by atoms with Crippen molar-refractivity contribution in [1.82, 2.24) is 19.9 Å². The van der Waals surface area contributed by atoms with Gasteiger partial charge in [0.1, 0.15) is 24.0 Å². The molecule has 2 aromatic rings. The van der Waals surface area contributed by atoms with Gasteiger partial charge in [-0.1, -0.05) is 0 Å². The van der Waals surface area contributed by atoms with E-state index in [2.05, 4.69) is 15.0 Å². The SMILES string of the molecule is N=CCC(=O)N1CC(F)C12CCN(c1ncnc3[nH]ccc13)C2. The van der Waals surface area contributed by atoms with Crippen molar-refractivity contribution in [2.24, 2.45) is 0 Å². The third-order valence-electron chi connectivity index (χ3n) is 4.95. The molecule has 2 saturated heterocycles. The highest BCUT2D eigenvalue weighted by atomic mass is 19.1. The summed E-state index contributed by atoms with van der Waals surface area (Å²) in [6.07, 6.45) is 3.95. The topological polar surface area (TPSA) is 89.0 Å². The molecule has 2 unspecified atom stereocenters. The third-order valence-corrected chi connectivity index (χ3v) is 4.95. The number of amides is 1. The summed E-state index contributed by atoms with van der Waals surface area (Å²) in [7, 11) is 0. The van der Waals surface area contributed by atoms with Crippen molar-refractivity contribution in [1.29, 1.82) is 5.41 Å². The molecule has 0 bridgehead atoms. The second-order valence-corrected chi connectivity index (χ2v) is 6.09. The number of carbonyl (C=O) groups is 1. The second-order valence-electron chi connectivity index (χ2n) is 6.09. The van der Waals surface area contributed by atoms with Crippen LogP contribution in [0.4, 0.5) is 10.2 Å². The van der Waals surface area contributed by atoms with Crippen molar-refractivity contribution in [3.63, 3.8) is 0 Å². The fraction of sp³-hybridized carbons (Fsp3) is 0.467. The first-order valence-electron chi connectivity index (χ1n) is 7.62. The molecule has 2 fully saturated rings. The molecule has 120 valence electrons. The lowest BCUT2D eigenvalue weighted by Crippen LogP contribution is -2.71. The molecule has 8 heteroatoms. The zero-order chi connectivity index (χ0) is 16.0.